The number of H-pyrrole nitrogens is 2. The molecule has 0 spiro atoms. The van der Waals surface area contributed by atoms with E-state index in [0.29, 0.717) is 0 Å². The van der Waals surface area contributed by atoms with Crippen LogP contribution in [0.3, 0.4) is 0 Å². The summed E-state index contributed by atoms with van der Waals surface area (Å²) in [5.41, 5.74) is 0.351. The number of nitrogens with zero attached hydrogens (tertiary/aromatic N) is 3. The van der Waals surface area contributed by atoms with Crippen molar-refractivity contribution in [2.24, 2.45) is 5.10 Å². The van der Waals surface area contributed by atoms with Gasteiger partial charge in [-0.15, -0.1) is 0 Å². The molecule has 0 saturated heterocycles. The molecule has 1 aromatic heterocycles. The Labute approximate surface area is 166 Å². The predicted octanol–water partition coefficient (Wildman–Crippen LogP) is 0.102. The molecule has 2 rings (SSSR count). The number of aromatic nitrogens is 3. The Morgan fingerprint density at radius 3 is 2.86 bits per heavy atom. The molecule has 0 fully saturated rings. The van der Waals surface area contributed by atoms with Gasteiger partial charge in [0.25, 0.3) is 11.5 Å². The second-order valence-electron chi connectivity index (χ2n) is 5.38. The van der Waals surface area contributed by atoms with Crippen LogP contribution in [0.25, 0.3) is 0 Å². The summed E-state index contributed by atoms with van der Waals surface area (Å²) < 4.78 is 5.15. The zero-order valence-corrected chi connectivity index (χ0v) is 16.0. The van der Waals surface area contributed by atoms with E-state index in [0.717, 1.165) is 24.0 Å². The summed E-state index contributed by atoms with van der Waals surface area (Å²) in [4.78, 5) is 46.9. The van der Waals surface area contributed by atoms with E-state index in [9.17, 15) is 29.6 Å². The van der Waals surface area contributed by atoms with Gasteiger partial charge in [0.15, 0.2) is 10.8 Å². The summed E-state index contributed by atoms with van der Waals surface area (Å²) in [7, 11) is 0. The van der Waals surface area contributed by atoms with Crippen LogP contribution in [-0.4, -0.2) is 49.2 Å². The Morgan fingerprint density at radius 2 is 2.24 bits per heavy atom. The first kappa shape index (κ1) is 21.6. The first-order valence-corrected chi connectivity index (χ1v) is 8.93. The molecule has 1 aromatic carbocycles. The zero-order valence-electron chi connectivity index (χ0n) is 15.2. The van der Waals surface area contributed by atoms with E-state index in [1.165, 1.54) is 13.0 Å². The molecule has 0 radical (unpaired) electrons. The molecule has 1 unspecified atom stereocenters. The van der Waals surface area contributed by atoms with Crippen LogP contribution in [0.2, 0.25) is 0 Å². The molecule has 2 aromatic rings. The second kappa shape index (κ2) is 9.50. The summed E-state index contributed by atoms with van der Waals surface area (Å²) in [6.45, 7) is 3.31. The van der Waals surface area contributed by atoms with Crippen LogP contribution in [0.4, 0.5) is 5.69 Å². The van der Waals surface area contributed by atoms with Crippen molar-refractivity contribution >= 4 is 29.6 Å². The molecule has 13 nitrogen and oxygen atoms in total. The molecule has 1 amide bonds. The maximum absolute atomic E-state index is 12.1. The van der Waals surface area contributed by atoms with Crippen LogP contribution < -0.4 is 21.4 Å². The van der Waals surface area contributed by atoms with Gasteiger partial charge in [0.05, 0.1) is 23.0 Å². The number of nitrogens with one attached hydrogen (secondary N) is 3. The first-order chi connectivity index (χ1) is 13.7. The summed E-state index contributed by atoms with van der Waals surface area (Å²) in [6.07, 6.45) is 1.13. The number of carbonyl (C=O) groups is 1. The largest absolute Gasteiger partial charge is 0.500 e. The number of ether oxygens (including phenoxy) is 1. The Morgan fingerprint density at radius 1 is 1.52 bits per heavy atom. The SMILES string of the molecule is CCOc1cc(/C=N/NC(=O)C(C)Sc2n[nH]c(=O)[nH]c2=O)cc([N+](=O)[O-])c1O. The smallest absolute Gasteiger partial charge is 0.342 e. The van der Waals surface area contributed by atoms with Crippen LogP contribution in [0.15, 0.2) is 31.8 Å². The molecule has 4 N–H and O–H groups in total. The molecule has 0 aliphatic carbocycles. The molecule has 1 heterocycles. The first-order valence-electron chi connectivity index (χ1n) is 8.05. The Bertz CT molecular complexity index is 1060. The third-order valence-electron chi connectivity index (χ3n) is 3.30. The van der Waals surface area contributed by atoms with Crippen LogP contribution >= 0.6 is 11.8 Å². The highest BCUT2D eigenvalue weighted by Crippen LogP contribution is 2.36. The van der Waals surface area contributed by atoms with Gasteiger partial charge in [-0.25, -0.2) is 15.3 Å². The molecular weight excluding hydrogens is 408 g/mol. The van der Waals surface area contributed by atoms with Crippen molar-refractivity contribution in [2.45, 2.75) is 24.1 Å². The van der Waals surface area contributed by atoms with E-state index < -0.39 is 38.8 Å². The molecule has 1 atom stereocenters. The van der Waals surface area contributed by atoms with E-state index in [1.54, 1.807) is 6.92 Å². The van der Waals surface area contributed by atoms with Gasteiger partial charge < -0.3 is 9.84 Å². The molecule has 154 valence electrons. The van der Waals surface area contributed by atoms with Gasteiger partial charge >= 0.3 is 11.4 Å². The van der Waals surface area contributed by atoms with Gasteiger partial charge in [0.1, 0.15) is 0 Å². The van der Waals surface area contributed by atoms with Crippen molar-refractivity contribution in [2.75, 3.05) is 6.61 Å². The van der Waals surface area contributed by atoms with E-state index in [4.69, 9.17) is 4.74 Å². The number of aromatic amines is 2. The summed E-state index contributed by atoms with van der Waals surface area (Å²) in [5, 5.41) is 29.3. The average Bonchev–Trinajstić information content (AvgIpc) is 2.66. The van der Waals surface area contributed by atoms with Crippen molar-refractivity contribution in [3.8, 4) is 11.5 Å². The number of amides is 1. The minimum absolute atomic E-state index is 0.0956. The zero-order chi connectivity index (χ0) is 21.6. The molecule has 0 bridgehead atoms. The van der Waals surface area contributed by atoms with Gasteiger partial charge in [-0.2, -0.15) is 10.2 Å². The Hall–Kier alpha value is -3.68. The number of rotatable bonds is 8. The number of aromatic hydroxyl groups is 1. The van der Waals surface area contributed by atoms with Crippen LogP contribution in [0.5, 0.6) is 11.5 Å². The fourth-order valence-corrected chi connectivity index (χ4v) is 2.74. The Kier molecular flexibility index (Phi) is 7.08. The number of benzene rings is 1. The minimum atomic E-state index is -0.792. The fourth-order valence-electron chi connectivity index (χ4n) is 1.99. The second-order valence-corrected chi connectivity index (χ2v) is 6.71. The number of hydrazone groups is 1. The molecule has 0 aliphatic heterocycles. The third kappa shape index (κ3) is 5.65. The maximum Gasteiger partial charge on any atom is 0.342 e. The number of hydrogen-bond donors (Lipinski definition) is 4. The van der Waals surface area contributed by atoms with Crippen LogP contribution in [0.1, 0.15) is 19.4 Å². The highest BCUT2D eigenvalue weighted by Gasteiger charge is 2.20. The lowest BCUT2D eigenvalue weighted by Gasteiger charge is -2.08. The number of phenols is 1. The topological polar surface area (TPSA) is 193 Å². The quantitative estimate of drug-likeness (QED) is 0.197. The van der Waals surface area contributed by atoms with Gasteiger partial charge in [-0.05, 0) is 19.9 Å². The fraction of sp³-hybridized carbons (Fsp3) is 0.267. The van der Waals surface area contributed by atoms with E-state index >= 15 is 0 Å². The molecular formula is C15H16N6O7S. The van der Waals surface area contributed by atoms with E-state index in [-0.39, 0.29) is 22.9 Å². The van der Waals surface area contributed by atoms with Crippen molar-refractivity contribution in [1.82, 2.24) is 20.6 Å². The predicted molar refractivity (Wildman–Crippen MR) is 102 cm³/mol. The molecule has 29 heavy (non-hydrogen) atoms. The van der Waals surface area contributed by atoms with Gasteiger partial charge in [0, 0.05) is 11.6 Å². The third-order valence-corrected chi connectivity index (χ3v) is 4.37. The molecule has 14 heteroatoms. The Balaban J connectivity index is 2.10. The number of hydrogen-bond acceptors (Lipinski definition) is 10. The van der Waals surface area contributed by atoms with Crippen molar-refractivity contribution in [3.63, 3.8) is 0 Å². The summed E-state index contributed by atoms with van der Waals surface area (Å²) in [6, 6.07) is 2.39. The lowest BCUT2D eigenvalue weighted by molar-refractivity contribution is -0.386. The number of thioether (sulfide) groups is 1. The lowest BCUT2D eigenvalue weighted by atomic mass is 10.2. The maximum atomic E-state index is 12.1. The minimum Gasteiger partial charge on any atom is -0.500 e. The van der Waals surface area contributed by atoms with Crippen molar-refractivity contribution in [3.05, 3.63) is 48.6 Å². The van der Waals surface area contributed by atoms with E-state index in [1.807, 2.05) is 4.98 Å². The highest BCUT2D eigenvalue weighted by atomic mass is 32.2. The molecule has 0 saturated carbocycles. The average molecular weight is 424 g/mol. The lowest BCUT2D eigenvalue weighted by Crippen LogP contribution is -2.30. The summed E-state index contributed by atoms with van der Waals surface area (Å²) in [5.74, 6) is -1.29. The van der Waals surface area contributed by atoms with Crippen LogP contribution in [0, 0.1) is 10.1 Å². The monoisotopic (exact) mass is 424 g/mol. The number of nitro benzene ring substituents is 1. The van der Waals surface area contributed by atoms with Gasteiger partial charge in [-0.1, -0.05) is 11.8 Å². The van der Waals surface area contributed by atoms with Gasteiger partial charge in [0.2, 0.25) is 5.75 Å². The van der Waals surface area contributed by atoms with E-state index in [2.05, 4.69) is 20.7 Å². The number of phenolic OH excluding ortho intramolecular Hbond substituents is 1. The van der Waals surface area contributed by atoms with Crippen molar-refractivity contribution < 1.29 is 19.6 Å². The van der Waals surface area contributed by atoms with Crippen LogP contribution in [-0.2, 0) is 4.79 Å². The standard InChI is InChI=1S/C15H16N6O7S/c1-3-28-10-5-8(4-9(11(10)22)21(26)27)6-16-18-12(23)7(2)29-14-13(24)17-15(25)20-19-14/h4-7,22H,3H2,1-2H3,(H,18,23)(H2,17,20,24,25)/b16-6+. The normalized spacial score (nSPS) is 11.9. The summed E-state index contributed by atoms with van der Waals surface area (Å²) >= 11 is 0.797. The highest BCUT2D eigenvalue weighted by molar-refractivity contribution is 8.00. The van der Waals surface area contributed by atoms with Crippen molar-refractivity contribution in [1.29, 1.82) is 0 Å². The number of carbonyl (C=O) groups excluding carboxylic acids is 1. The molecule has 0 aliphatic rings. The van der Waals surface area contributed by atoms with Gasteiger partial charge in [-0.3, -0.25) is 24.7 Å². The number of nitro groups is 1.